The molecule has 0 spiro atoms. The summed E-state index contributed by atoms with van der Waals surface area (Å²) >= 11 is 0. The van der Waals surface area contributed by atoms with Crippen molar-refractivity contribution in [3.05, 3.63) is 58.7 Å². The molecule has 0 radical (unpaired) electrons. The highest BCUT2D eigenvalue weighted by atomic mass is 16.3. The van der Waals surface area contributed by atoms with Crippen LogP contribution in [-0.2, 0) is 22.0 Å². The summed E-state index contributed by atoms with van der Waals surface area (Å²) in [5.74, 6) is 0.615. The zero-order valence-electron chi connectivity index (χ0n) is 21.0. The van der Waals surface area contributed by atoms with Crippen molar-refractivity contribution in [3.8, 4) is 5.75 Å². The van der Waals surface area contributed by atoms with E-state index in [9.17, 15) is 9.90 Å². The van der Waals surface area contributed by atoms with Crippen LogP contribution in [0, 0.1) is 6.92 Å². The number of phenols is 1. The number of aryl methyl sites for hydroxylation is 2. The molecule has 1 aliphatic heterocycles. The number of amides is 1. The molecule has 0 atom stereocenters. The maximum absolute atomic E-state index is 13.0. The van der Waals surface area contributed by atoms with Crippen molar-refractivity contribution < 1.29 is 9.90 Å². The Bertz CT molecular complexity index is 923. The number of rotatable bonds is 4. The standard InChI is InChI=1S/C28H40N2O2/c1-20-10-8-9-11-24(20)29-14-16-30(17-15-29)25(31)13-12-21-18-22(27(2,3)4)26(32)23(19-21)28(5,6)7/h8-11,18-19,32H,12-17H2,1-7H3. The van der Waals surface area contributed by atoms with Gasteiger partial charge in [0.2, 0.25) is 5.91 Å². The molecule has 4 heteroatoms. The van der Waals surface area contributed by atoms with Gasteiger partial charge < -0.3 is 14.9 Å². The number of carbonyl (C=O) groups is 1. The Morgan fingerprint density at radius 3 is 1.94 bits per heavy atom. The molecule has 0 saturated carbocycles. The van der Waals surface area contributed by atoms with Crippen molar-refractivity contribution >= 4 is 11.6 Å². The molecule has 2 aromatic carbocycles. The summed E-state index contributed by atoms with van der Waals surface area (Å²) in [6.07, 6.45) is 1.20. The van der Waals surface area contributed by atoms with E-state index < -0.39 is 0 Å². The van der Waals surface area contributed by atoms with Gasteiger partial charge in [-0.05, 0) is 52.5 Å². The molecule has 4 nitrogen and oxygen atoms in total. The van der Waals surface area contributed by atoms with E-state index in [1.54, 1.807) is 0 Å². The number of hydrogen-bond acceptors (Lipinski definition) is 3. The molecule has 3 rings (SSSR count). The first kappa shape index (κ1) is 24.2. The summed E-state index contributed by atoms with van der Waals surface area (Å²) in [6, 6.07) is 12.6. The lowest BCUT2D eigenvalue weighted by molar-refractivity contribution is -0.131. The van der Waals surface area contributed by atoms with E-state index in [-0.39, 0.29) is 16.7 Å². The predicted octanol–water partition coefficient (Wildman–Crippen LogP) is 5.58. The molecule has 2 aromatic rings. The summed E-state index contributed by atoms with van der Waals surface area (Å²) in [5, 5.41) is 10.9. The summed E-state index contributed by atoms with van der Waals surface area (Å²) in [7, 11) is 0. The van der Waals surface area contributed by atoms with E-state index in [0.29, 0.717) is 18.6 Å². The van der Waals surface area contributed by atoms with Crippen LogP contribution in [0.3, 0.4) is 0 Å². The third-order valence-electron chi connectivity index (χ3n) is 6.50. The number of anilines is 1. The van der Waals surface area contributed by atoms with Gasteiger partial charge in [0.25, 0.3) is 0 Å². The fourth-order valence-corrected chi connectivity index (χ4v) is 4.51. The third kappa shape index (κ3) is 5.46. The highest BCUT2D eigenvalue weighted by molar-refractivity contribution is 5.77. The van der Waals surface area contributed by atoms with Gasteiger partial charge in [0.05, 0.1) is 0 Å². The average molecular weight is 437 g/mol. The van der Waals surface area contributed by atoms with Crippen LogP contribution in [0.4, 0.5) is 5.69 Å². The first-order valence-corrected chi connectivity index (χ1v) is 11.8. The molecular formula is C28H40N2O2. The van der Waals surface area contributed by atoms with Crippen LogP contribution in [0.15, 0.2) is 36.4 Å². The number of hydrogen-bond donors (Lipinski definition) is 1. The molecule has 0 unspecified atom stereocenters. The van der Waals surface area contributed by atoms with Gasteiger partial charge in [-0.1, -0.05) is 71.9 Å². The molecule has 1 N–H and O–H groups in total. The fraction of sp³-hybridized carbons (Fsp3) is 0.536. The minimum atomic E-state index is -0.157. The van der Waals surface area contributed by atoms with Gasteiger partial charge in [0.1, 0.15) is 5.75 Å². The lowest BCUT2D eigenvalue weighted by atomic mass is 9.78. The van der Waals surface area contributed by atoms with Crippen molar-refractivity contribution in [2.24, 2.45) is 0 Å². The highest BCUT2D eigenvalue weighted by Crippen LogP contribution is 2.40. The number of phenolic OH excluding ortho intramolecular Hbond substituents is 1. The Kier molecular flexibility index (Phi) is 6.92. The first-order chi connectivity index (χ1) is 14.9. The monoisotopic (exact) mass is 436 g/mol. The Morgan fingerprint density at radius 2 is 1.44 bits per heavy atom. The van der Waals surface area contributed by atoms with E-state index >= 15 is 0 Å². The van der Waals surface area contributed by atoms with E-state index in [1.165, 1.54) is 11.3 Å². The van der Waals surface area contributed by atoms with Crippen LogP contribution in [0.2, 0.25) is 0 Å². The van der Waals surface area contributed by atoms with E-state index in [4.69, 9.17) is 0 Å². The van der Waals surface area contributed by atoms with Crippen molar-refractivity contribution in [2.45, 2.75) is 72.1 Å². The fourth-order valence-electron chi connectivity index (χ4n) is 4.51. The van der Waals surface area contributed by atoms with Crippen molar-refractivity contribution in [2.75, 3.05) is 31.1 Å². The first-order valence-electron chi connectivity index (χ1n) is 11.8. The molecular weight excluding hydrogens is 396 g/mol. The van der Waals surface area contributed by atoms with Gasteiger partial charge in [0, 0.05) is 38.3 Å². The van der Waals surface area contributed by atoms with Gasteiger partial charge >= 0.3 is 0 Å². The largest absolute Gasteiger partial charge is 0.507 e. The molecule has 1 amide bonds. The second-order valence-electron chi connectivity index (χ2n) is 11.2. The normalized spacial score (nSPS) is 15.2. The molecule has 32 heavy (non-hydrogen) atoms. The smallest absolute Gasteiger partial charge is 0.223 e. The molecule has 174 valence electrons. The molecule has 1 fully saturated rings. The Hall–Kier alpha value is -2.49. The van der Waals surface area contributed by atoms with E-state index in [0.717, 1.165) is 42.9 Å². The number of piperazine rings is 1. The molecule has 0 bridgehead atoms. The van der Waals surface area contributed by atoms with E-state index in [1.807, 2.05) is 4.90 Å². The van der Waals surface area contributed by atoms with Crippen molar-refractivity contribution in [3.63, 3.8) is 0 Å². The number of carbonyl (C=O) groups excluding carboxylic acids is 1. The molecule has 0 aliphatic carbocycles. The Balaban J connectivity index is 1.67. The maximum atomic E-state index is 13.0. The van der Waals surface area contributed by atoms with Gasteiger partial charge in [-0.3, -0.25) is 4.79 Å². The predicted molar refractivity (Wildman–Crippen MR) is 134 cm³/mol. The topological polar surface area (TPSA) is 43.8 Å². The molecule has 1 aliphatic rings. The minimum Gasteiger partial charge on any atom is -0.507 e. The zero-order valence-corrected chi connectivity index (χ0v) is 21.0. The Morgan fingerprint density at radius 1 is 0.906 bits per heavy atom. The second-order valence-corrected chi connectivity index (χ2v) is 11.2. The minimum absolute atomic E-state index is 0.157. The average Bonchev–Trinajstić information content (AvgIpc) is 2.71. The van der Waals surface area contributed by atoms with Gasteiger partial charge in [-0.2, -0.15) is 0 Å². The van der Waals surface area contributed by atoms with Crippen LogP contribution >= 0.6 is 0 Å². The summed E-state index contributed by atoms with van der Waals surface area (Å²) < 4.78 is 0. The number of benzene rings is 2. The quantitative estimate of drug-likeness (QED) is 0.681. The number of para-hydroxylation sites is 1. The third-order valence-corrected chi connectivity index (χ3v) is 6.50. The maximum Gasteiger partial charge on any atom is 0.223 e. The molecule has 1 saturated heterocycles. The van der Waals surface area contributed by atoms with Crippen LogP contribution in [0.1, 0.15) is 70.2 Å². The lowest BCUT2D eigenvalue weighted by Crippen LogP contribution is -2.49. The van der Waals surface area contributed by atoms with Gasteiger partial charge in [-0.15, -0.1) is 0 Å². The van der Waals surface area contributed by atoms with E-state index in [2.05, 4.69) is 89.8 Å². The van der Waals surface area contributed by atoms with Gasteiger partial charge in [-0.25, -0.2) is 0 Å². The number of nitrogens with zero attached hydrogens (tertiary/aromatic N) is 2. The van der Waals surface area contributed by atoms with Crippen LogP contribution in [0.5, 0.6) is 5.75 Å². The highest BCUT2D eigenvalue weighted by Gasteiger charge is 2.27. The van der Waals surface area contributed by atoms with Crippen molar-refractivity contribution in [1.29, 1.82) is 0 Å². The van der Waals surface area contributed by atoms with Crippen molar-refractivity contribution in [1.82, 2.24) is 4.90 Å². The van der Waals surface area contributed by atoms with Crippen LogP contribution < -0.4 is 4.90 Å². The summed E-state index contributed by atoms with van der Waals surface area (Å²) in [6.45, 7) is 18.2. The Labute approximate surface area is 194 Å². The SMILES string of the molecule is Cc1ccccc1N1CCN(C(=O)CCc2cc(C(C)(C)C)c(O)c(C(C)(C)C)c2)CC1. The number of aromatic hydroxyl groups is 1. The van der Waals surface area contributed by atoms with Crippen LogP contribution in [-0.4, -0.2) is 42.1 Å². The summed E-state index contributed by atoms with van der Waals surface area (Å²) in [5.41, 5.74) is 5.28. The van der Waals surface area contributed by atoms with Gasteiger partial charge in [0.15, 0.2) is 0 Å². The molecule has 1 heterocycles. The summed E-state index contributed by atoms with van der Waals surface area (Å²) in [4.78, 5) is 17.4. The van der Waals surface area contributed by atoms with Crippen LogP contribution in [0.25, 0.3) is 0 Å². The lowest BCUT2D eigenvalue weighted by Gasteiger charge is -2.37. The molecule has 0 aromatic heterocycles. The second kappa shape index (κ2) is 9.17. The zero-order chi connectivity index (χ0) is 23.7.